The summed E-state index contributed by atoms with van der Waals surface area (Å²) in [6.45, 7) is 1.82. The van der Waals surface area contributed by atoms with Crippen LogP contribution in [0.4, 0.5) is 11.6 Å². The molecule has 1 fully saturated rings. The SMILES string of the molecule is Cc1nc(N(C)C2CCS(=O)(=O)C2)c(N)[nH]1. The van der Waals surface area contributed by atoms with E-state index in [0.717, 1.165) is 5.82 Å². The first-order valence-corrected chi connectivity index (χ1v) is 6.96. The normalized spacial score (nSPS) is 23.5. The lowest BCUT2D eigenvalue weighted by Gasteiger charge is -2.23. The molecule has 0 aromatic carbocycles. The molecule has 2 heterocycles. The Morgan fingerprint density at radius 1 is 1.56 bits per heavy atom. The quantitative estimate of drug-likeness (QED) is 0.759. The summed E-state index contributed by atoms with van der Waals surface area (Å²) in [5, 5.41) is 0. The number of nitrogen functional groups attached to an aromatic ring is 1. The smallest absolute Gasteiger partial charge is 0.171 e. The van der Waals surface area contributed by atoms with Crippen molar-refractivity contribution < 1.29 is 8.42 Å². The van der Waals surface area contributed by atoms with E-state index in [4.69, 9.17) is 5.73 Å². The Bertz CT molecular complexity index is 494. The number of nitrogens with zero attached hydrogens (tertiary/aromatic N) is 2. The molecule has 0 spiro atoms. The summed E-state index contributed by atoms with van der Waals surface area (Å²) in [5.74, 6) is 2.31. The zero-order valence-corrected chi connectivity index (χ0v) is 10.2. The fourth-order valence-corrected chi connectivity index (χ4v) is 3.79. The Hall–Kier alpha value is -1.24. The van der Waals surface area contributed by atoms with Crippen LogP contribution >= 0.6 is 0 Å². The summed E-state index contributed by atoms with van der Waals surface area (Å²) in [6, 6.07) is -0.0185. The van der Waals surface area contributed by atoms with Crippen LogP contribution in [0.3, 0.4) is 0 Å². The summed E-state index contributed by atoms with van der Waals surface area (Å²) in [7, 11) is -1.04. The van der Waals surface area contributed by atoms with Crippen molar-refractivity contribution in [2.24, 2.45) is 0 Å². The molecule has 0 amide bonds. The average Bonchev–Trinajstić information content (AvgIpc) is 2.68. The molecule has 1 unspecified atom stereocenters. The van der Waals surface area contributed by atoms with E-state index in [2.05, 4.69) is 9.97 Å². The van der Waals surface area contributed by atoms with Crippen LogP contribution in [0.2, 0.25) is 0 Å². The number of aromatic nitrogens is 2. The van der Waals surface area contributed by atoms with E-state index in [1.807, 2.05) is 18.9 Å². The van der Waals surface area contributed by atoms with E-state index < -0.39 is 9.84 Å². The highest BCUT2D eigenvalue weighted by atomic mass is 32.2. The van der Waals surface area contributed by atoms with Crippen LogP contribution in [0.25, 0.3) is 0 Å². The van der Waals surface area contributed by atoms with Crippen LogP contribution in [0.5, 0.6) is 0 Å². The second kappa shape index (κ2) is 3.65. The summed E-state index contributed by atoms with van der Waals surface area (Å²) in [4.78, 5) is 9.01. The first kappa shape index (κ1) is 11.3. The molecule has 6 nitrogen and oxygen atoms in total. The van der Waals surface area contributed by atoms with Crippen molar-refractivity contribution in [1.82, 2.24) is 9.97 Å². The van der Waals surface area contributed by atoms with Gasteiger partial charge in [0.15, 0.2) is 15.7 Å². The number of sulfone groups is 1. The highest BCUT2D eigenvalue weighted by Crippen LogP contribution is 2.25. The molecule has 7 heteroatoms. The lowest BCUT2D eigenvalue weighted by molar-refractivity contribution is 0.600. The van der Waals surface area contributed by atoms with Gasteiger partial charge < -0.3 is 15.6 Å². The van der Waals surface area contributed by atoms with Crippen molar-refractivity contribution in [3.63, 3.8) is 0 Å². The van der Waals surface area contributed by atoms with E-state index in [9.17, 15) is 8.42 Å². The average molecular weight is 244 g/mol. The molecule has 1 saturated heterocycles. The maximum absolute atomic E-state index is 11.4. The van der Waals surface area contributed by atoms with Gasteiger partial charge >= 0.3 is 0 Å². The standard InChI is InChI=1S/C9H16N4O2S/c1-6-11-8(10)9(12-6)13(2)7-3-4-16(14,15)5-7/h7H,3-5,10H2,1-2H3,(H,11,12). The maximum atomic E-state index is 11.4. The third-order valence-corrected chi connectivity index (χ3v) is 4.67. The van der Waals surface area contributed by atoms with Gasteiger partial charge in [-0.2, -0.15) is 0 Å². The van der Waals surface area contributed by atoms with Crippen LogP contribution in [0.15, 0.2) is 0 Å². The third-order valence-electron chi connectivity index (χ3n) is 2.92. The molecule has 1 aromatic heterocycles. The number of aromatic amines is 1. The second-order valence-electron chi connectivity index (χ2n) is 4.23. The van der Waals surface area contributed by atoms with Crippen LogP contribution < -0.4 is 10.6 Å². The number of H-pyrrole nitrogens is 1. The number of nitrogens with one attached hydrogen (secondary N) is 1. The molecule has 0 bridgehead atoms. The van der Waals surface area contributed by atoms with Gasteiger partial charge in [0.05, 0.1) is 11.5 Å². The van der Waals surface area contributed by atoms with Crippen LogP contribution in [0, 0.1) is 6.92 Å². The van der Waals surface area contributed by atoms with Gasteiger partial charge in [-0.25, -0.2) is 13.4 Å². The minimum Gasteiger partial charge on any atom is -0.382 e. The Morgan fingerprint density at radius 3 is 2.69 bits per heavy atom. The molecule has 90 valence electrons. The third kappa shape index (κ3) is 1.99. The zero-order chi connectivity index (χ0) is 11.9. The van der Waals surface area contributed by atoms with Crippen LogP contribution in [-0.4, -0.2) is 43.0 Å². The highest BCUT2D eigenvalue weighted by Gasteiger charge is 2.32. The van der Waals surface area contributed by atoms with E-state index >= 15 is 0 Å². The van der Waals surface area contributed by atoms with Gasteiger partial charge in [-0.3, -0.25) is 0 Å². The predicted octanol–water partition coefficient (Wildman–Crippen LogP) is -0.0764. The summed E-state index contributed by atoms with van der Waals surface area (Å²) in [5.41, 5.74) is 5.77. The molecular weight excluding hydrogens is 228 g/mol. The molecule has 0 radical (unpaired) electrons. The minimum atomic E-state index is -2.87. The van der Waals surface area contributed by atoms with E-state index in [-0.39, 0.29) is 17.5 Å². The van der Waals surface area contributed by atoms with Crippen molar-refractivity contribution in [3.8, 4) is 0 Å². The predicted molar refractivity (Wildman–Crippen MR) is 63.2 cm³/mol. The number of hydrogen-bond donors (Lipinski definition) is 2. The summed E-state index contributed by atoms with van der Waals surface area (Å²) >= 11 is 0. The molecule has 0 aliphatic carbocycles. The highest BCUT2D eigenvalue weighted by molar-refractivity contribution is 7.91. The van der Waals surface area contributed by atoms with Crippen molar-refractivity contribution in [2.45, 2.75) is 19.4 Å². The van der Waals surface area contributed by atoms with Crippen molar-refractivity contribution >= 4 is 21.5 Å². The first-order valence-electron chi connectivity index (χ1n) is 5.14. The van der Waals surface area contributed by atoms with Crippen LogP contribution in [-0.2, 0) is 9.84 Å². The molecule has 2 rings (SSSR count). The van der Waals surface area contributed by atoms with E-state index in [1.165, 1.54) is 0 Å². The van der Waals surface area contributed by atoms with Gasteiger partial charge in [0.1, 0.15) is 11.6 Å². The fourth-order valence-electron chi connectivity index (χ4n) is 2.02. The van der Waals surface area contributed by atoms with Crippen molar-refractivity contribution in [1.29, 1.82) is 0 Å². The lowest BCUT2D eigenvalue weighted by atomic mass is 10.2. The monoisotopic (exact) mass is 244 g/mol. The number of nitrogens with two attached hydrogens (primary N) is 1. The Balaban J connectivity index is 2.20. The number of anilines is 2. The Kier molecular flexibility index (Phi) is 2.57. The summed E-state index contributed by atoms with van der Waals surface area (Å²) in [6.07, 6.45) is 0.643. The molecular formula is C9H16N4O2S. The Morgan fingerprint density at radius 2 is 2.25 bits per heavy atom. The van der Waals surface area contributed by atoms with Gasteiger partial charge in [0, 0.05) is 13.1 Å². The fraction of sp³-hybridized carbons (Fsp3) is 0.667. The topological polar surface area (TPSA) is 92.1 Å². The second-order valence-corrected chi connectivity index (χ2v) is 6.46. The molecule has 0 saturated carbocycles. The van der Waals surface area contributed by atoms with Crippen LogP contribution in [0.1, 0.15) is 12.2 Å². The molecule has 1 aliphatic heterocycles. The van der Waals surface area contributed by atoms with Gasteiger partial charge in [0.2, 0.25) is 0 Å². The minimum absolute atomic E-state index is 0.0185. The van der Waals surface area contributed by atoms with Gasteiger partial charge in [-0.1, -0.05) is 0 Å². The van der Waals surface area contributed by atoms with Gasteiger partial charge in [-0.05, 0) is 13.3 Å². The van der Waals surface area contributed by atoms with Crippen molar-refractivity contribution in [3.05, 3.63) is 5.82 Å². The number of aryl methyl sites for hydroxylation is 1. The van der Waals surface area contributed by atoms with Gasteiger partial charge in [0.25, 0.3) is 0 Å². The number of hydrogen-bond acceptors (Lipinski definition) is 5. The largest absolute Gasteiger partial charge is 0.382 e. The van der Waals surface area contributed by atoms with Gasteiger partial charge in [-0.15, -0.1) is 0 Å². The van der Waals surface area contributed by atoms with E-state index in [0.29, 0.717) is 18.1 Å². The molecule has 1 aromatic rings. The number of imidazole rings is 1. The molecule has 3 N–H and O–H groups in total. The number of rotatable bonds is 2. The molecule has 1 atom stereocenters. The molecule has 16 heavy (non-hydrogen) atoms. The van der Waals surface area contributed by atoms with Crippen molar-refractivity contribution in [2.75, 3.05) is 29.2 Å². The Labute approximate surface area is 94.8 Å². The van der Waals surface area contributed by atoms with E-state index in [1.54, 1.807) is 0 Å². The maximum Gasteiger partial charge on any atom is 0.171 e. The summed E-state index contributed by atoms with van der Waals surface area (Å²) < 4.78 is 22.8. The zero-order valence-electron chi connectivity index (χ0n) is 9.40. The molecule has 1 aliphatic rings. The lowest BCUT2D eigenvalue weighted by Crippen LogP contribution is -2.33. The first-order chi connectivity index (χ1) is 7.39.